The zero-order chi connectivity index (χ0) is 12.8. The van der Waals surface area contributed by atoms with Gasteiger partial charge in [0.1, 0.15) is 0 Å². The van der Waals surface area contributed by atoms with Crippen LogP contribution in [0, 0.1) is 22.9 Å². The summed E-state index contributed by atoms with van der Waals surface area (Å²) in [6.45, 7) is 6.09. The first kappa shape index (κ1) is 12.0. The van der Waals surface area contributed by atoms with Crippen LogP contribution in [0.3, 0.4) is 0 Å². The van der Waals surface area contributed by atoms with Crippen LogP contribution < -0.4 is 0 Å². The molecule has 1 heterocycles. The minimum Gasteiger partial charge on any atom is -0.358 e. The van der Waals surface area contributed by atoms with E-state index in [-0.39, 0.29) is 10.9 Å². The zero-order valence-electron chi connectivity index (χ0n) is 10.00. The summed E-state index contributed by atoms with van der Waals surface area (Å²) in [5.41, 5.74) is 0.824. The SMILES string of the molecule is CC(C)(C)Cc1c[nH]c2c(F)c(F)c(F)cc12. The highest BCUT2D eigenvalue weighted by atomic mass is 19.2. The van der Waals surface area contributed by atoms with Gasteiger partial charge < -0.3 is 4.98 Å². The monoisotopic (exact) mass is 241 g/mol. The van der Waals surface area contributed by atoms with Gasteiger partial charge in [-0.25, -0.2) is 13.2 Å². The number of hydrogen-bond donors (Lipinski definition) is 1. The van der Waals surface area contributed by atoms with Gasteiger partial charge in [0.2, 0.25) is 0 Å². The molecule has 1 aromatic carbocycles. The minimum absolute atomic E-state index is 0.00351. The van der Waals surface area contributed by atoms with Crippen molar-refractivity contribution in [2.24, 2.45) is 5.41 Å². The summed E-state index contributed by atoms with van der Waals surface area (Å²) in [6, 6.07) is 1.05. The van der Waals surface area contributed by atoms with Crippen LogP contribution in [0.15, 0.2) is 12.3 Å². The van der Waals surface area contributed by atoms with Crippen LogP contribution >= 0.6 is 0 Å². The fourth-order valence-corrected chi connectivity index (χ4v) is 1.94. The molecule has 17 heavy (non-hydrogen) atoms. The quantitative estimate of drug-likeness (QED) is 0.721. The van der Waals surface area contributed by atoms with Crippen molar-refractivity contribution in [3.8, 4) is 0 Å². The van der Waals surface area contributed by atoms with Crippen LogP contribution in [0.2, 0.25) is 0 Å². The number of H-pyrrole nitrogens is 1. The number of nitrogens with one attached hydrogen (secondary N) is 1. The Bertz CT molecular complexity index is 564. The molecule has 0 fully saturated rings. The van der Waals surface area contributed by atoms with Gasteiger partial charge in [-0.15, -0.1) is 0 Å². The summed E-state index contributed by atoms with van der Waals surface area (Å²) >= 11 is 0. The molecule has 0 unspecified atom stereocenters. The maximum absolute atomic E-state index is 13.5. The van der Waals surface area contributed by atoms with Crippen molar-refractivity contribution < 1.29 is 13.2 Å². The van der Waals surface area contributed by atoms with E-state index in [1.165, 1.54) is 0 Å². The normalized spacial score (nSPS) is 12.4. The van der Waals surface area contributed by atoms with Gasteiger partial charge in [0.25, 0.3) is 0 Å². The first-order valence-electron chi connectivity index (χ1n) is 5.43. The summed E-state index contributed by atoms with van der Waals surface area (Å²) in [5, 5.41) is 0.413. The molecule has 0 aliphatic carbocycles. The summed E-state index contributed by atoms with van der Waals surface area (Å²) in [7, 11) is 0. The lowest BCUT2D eigenvalue weighted by Gasteiger charge is -2.17. The van der Waals surface area contributed by atoms with Gasteiger partial charge in [-0.05, 0) is 23.5 Å². The van der Waals surface area contributed by atoms with Gasteiger partial charge in [0, 0.05) is 11.6 Å². The molecule has 0 amide bonds. The maximum Gasteiger partial charge on any atom is 0.196 e. The summed E-state index contributed by atoms with van der Waals surface area (Å²) in [6.07, 6.45) is 2.27. The lowest BCUT2D eigenvalue weighted by Crippen LogP contribution is -2.08. The molecule has 0 saturated carbocycles. The Kier molecular flexibility index (Phi) is 2.68. The van der Waals surface area contributed by atoms with E-state index < -0.39 is 17.5 Å². The Morgan fingerprint density at radius 1 is 1.12 bits per heavy atom. The minimum atomic E-state index is -1.43. The van der Waals surface area contributed by atoms with E-state index in [4.69, 9.17) is 0 Å². The third kappa shape index (κ3) is 2.16. The first-order valence-corrected chi connectivity index (χ1v) is 5.43. The fourth-order valence-electron chi connectivity index (χ4n) is 1.94. The standard InChI is InChI=1S/C13H14F3N/c1-13(2,3)5-7-6-17-12-8(7)4-9(14)10(15)11(12)16/h4,6,17H,5H2,1-3H3. The lowest BCUT2D eigenvalue weighted by molar-refractivity contribution is 0.412. The molecule has 0 atom stereocenters. The van der Waals surface area contributed by atoms with Crippen molar-refractivity contribution in [2.45, 2.75) is 27.2 Å². The third-order valence-electron chi connectivity index (χ3n) is 2.62. The predicted molar refractivity (Wildman–Crippen MR) is 61.3 cm³/mol. The largest absolute Gasteiger partial charge is 0.358 e. The molecule has 2 rings (SSSR count). The summed E-state index contributed by atoms with van der Waals surface area (Å²) < 4.78 is 39.7. The molecule has 1 aromatic heterocycles. The Morgan fingerprint density at radius 2 is 1.76 bits per heavy atom. The first-order chi connectivity index (χ1) is 7.79. The summed E-state index contributed by atoms with van der Waals surface area (Å²) in [4.78, 5) is 2.67. The van der Waals surface area contributed by atoms with Gasteiger partial charge >= 0.3 is 0 Å². The van der Waals surface area contributed by atoms with Crippen LogP contribution in [0.4, 0.5) is 13.2 Å². The van der Waals surface area contributed by atoms with Crippen molar-refractivity contribution >= 4 is 10.9 Å². The number of fused-ring (bicyclic) bond motifs is 1. The smallest absolute Gasteiger partial charge is 0.196 e. The molecule has 0 aliphatic rings. The molecular formula is C13H14F3N. The van der Waals surface area contributed by atoms with E-state index in [1.54, 1.807) is 6.20 Å². The van der Waals surface area contributed by atoms with Gasteiger partial charge in [-0.1, -0.05) is 20.8 Å². The summed E-state index contributed by atoms with van der Waals surface area (Å²) in [5.74, 6) is -3.73. The fraction of sp³-hybridized carbons (Fsp3) is 0.385. The van der Waals surface area contributed by atoms with Gasteiger partial charge in [-0.3, -0.25) is 0 Å². The van der Waals surface area contributed by atoms with E-state index in [9.17, 15) is 13.2 Å². The topological polar surface area (TPSA) is 15.8 Å². The number of rotatable bonds is 1. The molecule has 0 aliphatic heterocycles. The number of aromatic amines is 1. The van der Waals surface area contributed by atoms with Gasteiger partial charge in [-0.2, -0.15) is 0 Å². The van der Waals surface area contributed by atoms with Crippen LogP contribution in [-0.2, 0) is 6.42 Å². The average Bonchev–Trinajstić information content (AvgIpc) is 2.56. The van der Waals surface area contributed by atoms with Crippen LogP contribution in [-0.4, -0.2) is 4.98 Å². The van der Waals surface area contributed by atoms with E-state index in [0.29, 0.717) is 11.8 Å². The lowest BCUT2D eigenvalue weighted by atomic mass is 9.88. The molecule has 92 valence electrons. The highest BCUT2D eigenvalue weighted by Gasteiger charge is 2.19. The number of aromatic nitrogens is 1. The van der Waals surface area contributed by atoms with Crippen LogP contribution in [0.5, 0.6) is 0 Å². The Balaban J connectivity index is 2.62. The van der Waals surface area contributed by atoms with E-state index >= 15 is 0 Å². The third-order valence-corrected chi connectivity index (χ3v) is 2.62. The van der Waals surface area contributed by atoms with Crippen LogP contribution in [0.1, 0.15) is 26.3 Å². The molecule has 0 spiro atoms. The molecule has 4 heteroatoms. The van der Waals surface area contributed by atoms with Crippen molar-refractivity contribution in [3.63, 3.8) is 0 Å². The number of benzene rings is 1. The molecular weight excluding hydrogens is 227 g/mol. The molecule has 0 radical (unpaired) electrons. The Morgan fingerprint density at radius 3 is 2.35 bits per heavy atom. The maximum atomic E-state index is 13.5. The van der Waals surface area contributed by atoms with Crippen molar-refractivity contribution in [1.29, 1.82) is 0 Å². The van der Waals surface area contributed by atoms with Crippen molar-refractivity contribution in [3.05, 3.63) is 35.3 Å². The number of halogens is 3. The number of hydrogen-bond acceptors (Lipinski definition) is 0. The molecule has 1 N–H and O–H groups in total. The predicted octanol–water partition coefficient (Wildman–Crippen LogP) is 4.17. The second-order valence-corrected chi connectivity index (χ2v) is 5.46. The molecule has 1 nitrogen and oxygen atoms in total. The van der Waals surface area contributed by atoms with Gasteiger partial charge in [0.05, 0.1) is 5.52 Å². The second kappa shape index (κ2) is 3.79. The van der Waals surface area contributed by atoms with Crippen molar-refractivity contribution in [1.82, 2.24) is 4.98 Å². The van der Waals surface area contributed by atoms with Crippen molar-refractivity contribution in [2.75, 3.05) is 0 Å². The Hall–Kier alpha value is -1.45. The highest BCUT2D eigenvalue weighted by molar-refractivity contribution is 5.84. The van der Waals surface area contributed by atoms with E-state index in [2.05, 4.69) is 4.98 Å². The van der Waals surface area contributed by atoms with E-state index in [1.807, 2.05) is 20.8 Å². The molecule has 0 saturated heterocycles. The zero-order valence-corrected chi connectivity index (χ0v) is 10.00. The molecule has 2 aromatic rings. The average molecular weight is 241 g/mol. The second-order valence-electron chi connectivity index (χ2n) is 5.46. The molecule has 0 bridgehead atoms. The van der Waals surface area contributed by atoms with Crippen LogP contribution in [0.25, 0.3) is 10.9 Å². The Labute approximate surface area is 97.6 Å². The van der Waals surface area contributed by atoms with E-state index in [0.717, 1.165) is 11.6 Å². The highest BCUT2D eigenvalue weighted by Crippen LogP contribution is 2.29. The van der Waals surface area contributed by atoms with Gasteiger partial charge in [0.15, 0.2) is 17.5 Å².